The zero-order chi connectivity index (χ0) is 25.9. The topological polar surface area (TPSA) is 12.9 Å². The second kappa shape index (κ2) is 8.17. The molecule has 1 aromatic heterocycles. The van der Waals surface area contributed by atoms with Crippen molar-refractivity contribution >= 4 is 0 Å². The number of nitrogens with zero attached hydrogens (tertiary/aromatic N) is 1. The molecular weight excluding hydrogens is 434 g/mol. The summed E-state index contributed by atoms with van der Waals surface area (Å²) >= 11 is 0. The van der Waals surface area contributed by atoms with E-state index in [2.05, 4.69) is 146 Å². The van der Waals surface area contributed by atoms with Crippen LogP contribution in [0.5, 0.6) is 0 Å². The first-order valence-corrected chi connectivity index (χ1v) is 13.2. The molecule has 1 aliphatic heterocycles. The van der Waals surface area contributed by atoms with Gasteiger partial charge in [0.1, 0.15) is 0 Å². The van der Waals surface area contributed by atoms with Gasteiger partial charge in [-0.05, 0) is 45.5 Å². The van der Waals surface area contributed by atoms with Gasteiger partial charge < -0.3 is 0 Å². The van der Waals surface area contributed by atoms with Crippen LogP contribution in [0.25, 0.3) is 0 Å². The Balaban J connectivity index is 1.84. The van der Waals surface area contributed by atoms with Gasteiger partial charge in [-0.1, -0.05) is 134 Å². The summed E-state index contributed by atoms with van der Waals surface area (Å²) in [6, 6.07) is 34.0. The van der Waals surface area contributed by atoms with E-state index in [4.69, 9.17) is 4.98 Å². The quantitative estimate of drug-likeness (QED) is 0.249. The first-order valence-electron chi connectivity index (χ1n) is 13.2. The molecule has 0 radical (unpaired) electrons. The molecule has 0 amide bonds. The predicted octanol–water partition coefficient (Wildman–Crippen LogP) is 8.70. The van der Waals surface area contributed by atoms with Crippen molar-refractivity contribution in [1.82, 2.24) is 4.98 Å². The van der Waals surface area contributed by atoms with E-state index in [0.29, 0.717) is 0 Å². The number of hydrogen-bond acceptors (Lipinski definition) is 1. The Kier molecular flexibility index (Phi) is 5.56. The first kappa shape index (κ1) is 24.5. The van der Waals surface area contributed by atoms with Crippen molar-refractivity contribution in [2.75, 3.05) is 0 Å². The Morgan fingerprint density at radius 1 is 0.361 bits per heavy atom. The lowest BCUT2D eigenvalue weighted by molar-refractivity contribution is 0.567. The van der Waals surface area contributed by atoms with Gasteiger partial charge >= 0.3 is 0 Å². The molecule has 0 spiro atoms. The fourth-order valence-corrected chi connectivity index (χ4v) is 5.65. The fraction of sp³-hybridized carbons (Fsp3) is 0.343. The Bertz CT molecular complexity index is 1130. The van der Waals surface area contributed by atoms with Crippen LogP contribution in [0.1, 0.15) is 100 Å². The van der Waals surface area contributed by atoms with E-state index in [9.17, 15) is 0 Å². The number of rotatable bonds is 0. The fourth-order valence-electron chi connectivity index (χ4n) is 5.65. The van der Waals surface area contributed by atoms with Crippen LogP contribution in [0, 0.1) is 0 Å². The number of aromatic nitrogens is 1. The highest BCUT2D eigenvalue weighted by Gasteiger charge is 2.33. The van der Waals surface area contributed by atoms with E-state index in [1.54, 1.807) is 0 Å². The van der Waals surface area contributed by atoms with E-state index in [1.807, 2.05) is 0 Å². The van der Waals surface area contributed by atoms with Gasteiger partial charge in [0.25, 0.3) is 0 Å². The summed E-state index contributed by atoms with van der Waals surface area (Å²) < 4.78 is 0. The summed E-state index contributed by atoms with van der Waals surface area (Å²) in [4.78, 5) is 5.31. The second-order valence-corrected chi connectivity index (χ2v) is 12.7. The maximum Gasteiger partial charge on any atom is 0.0507 e. The summed E-state index contributed by atoms with van der Waals surface area (Å²) in [6.45, 7) is 18.6. The smallest absolute Gasteiger partial charge is 0.0507 e. The van der Waals surface area contributed by atoms with Crippen molar-refractivity contribution in [3.8, 4) is 0 Å². The molecule has 4 aromatic rings. The van der Waals surface area contributed by atoms with Crippen molar-refractivity contribution in [2.45, 2.75) is 77.0 Å². The molecule has 1 nitrogen and oxygen atoms in total. The Labute approximate surface area is 217 Å². The highest BCUT2D eigenvalue weighted by molar-refractivity contribution is 5.49. The third-order valence-electron chi connectivity index (χ3n) is 8.95. The third kappa shape index (κ3) is 3.81. The van der Waals surface area contributed by atoms with Crippen molar-refractivity contribution < 1.29 is 0 Å². The molecule has 0 atom stereocenters. The second-order valence-electron chi connectivity index (χ2n) is 12.7. The normalized spacial score (nSPS) is 18.9. The maximum absolute atomic E-state index is 5.31. The van der Waals surface area contributed by atoms with Crippen LogP contribution in [0.15, 0.2) is 91.0 Å². The molecule has 0 aliphatic carbocycles. The molecule has 2 heterocycles. The molecule has 3 aromatic carbocycles. The first-order chi connectivity index (χ1) is 16.8. The summed E-state index contributed by atoms with van der Waals surface area (Å²) in [6.07, 6.45) is 0. The van der Waals surface area contributed by atoms with Crippen LogP contribution in [-0.2, 0) is 21.7 Å². The summed E-state index contributed by atoms with van der Waals surface area (Å²) in [5.41, 5.74) is 9.43. The van der Waals surface area contributed by atoms with Crippen molar-refractivity contribution in [3.05, 3.63) is 136 Å². The molecule has 0 saturated carbocycles. The van der Waals surface area contributed by atoms with Gasteiger partial charge in [0.15, 0.2) is 0 Å². The van der Waals surface area contributed by atoms with Crippen LogP contribution in [0.4, 0.5) is 0 Å². The monoisotopic (exact) mass is 473 g/mol. The Morgan fingerprint density at radius 3 is 0.917 bits per heavy atom. The van der Waals surface area contributed by atoms with Crippen molar-refractivity contribution in [3.63, 3.8) is 0 Å². The lowest BCUT2D eigenvalue weighted by Crippen LogP contribution is -2.28. The predicted molar refractivity (Wildman–Crippen MR) is 152 cm³/mol. The number of benzene rings is 3. The minimum Gasteiger partial charge on any atom is -0.256 e. The molecule has 5 rings (SSSR count). The van der Waals surface area contributed by atoms with Gasteiger partial charge in [-0.3, -0.25) is 4.98 Å². The molecule has 0 N–H and O–H groups in total. The van der Waals surface area contributed by atoms with Crippen molar-refractivity contribution in [2.24, 2.45) is 0 Å². The minimum absolute atomic E-state index is 0.131. The van der Waals surface area contributed by atoms with Gasteiger partial charge in [-0.25, -0.2) is 0 Å². The SMILES string of the molecule is CC1(C)c2cccc(c2)C(C)(C)c2cccc(c2)C(C)(C)c2cccc(n2)C(C)(C)c2cccc1c2. The van der Waals surface area contributed by atoms with Crippen LogP contribution in [-0.4, -0.2) is 4.98 Å². The Hall–Kier alpha value is -3.19. The molecule has 1 heteroatoms. The lowest BCUT2D eigenvalue weighted by atomic mass is 9.71. The van der Waals surface area contributed by atoms with E-state index < -0.39 is 0 Å². The molecule has 0 unspecified atom stereocenters. The van der Waals surface area contributed by atoms with E-state index in [-0.39, 0.29) is 21.7 Å². The standard InChI is InChI=1S/C35H39N/c1-32(2)24-13-9-14-25(21-24)33(3,4)27-16-11-18-29(23-27)35(7,8)31-20-12-19-30(36-31)34(5,6)28-17-10-15-26(32)22-28/h9-23H,1-8H3. The molecule has 0 fully saturated rings. The summed E-state index contributed by atoms with van der Waals surface area (Å²) in [5, 5.41) is 0. The van der Waals surface area contributed by atoms with Crippen LogP contribution >= 0.6 is 0 Å². The molecule has 36 heavy (non-hydrogen) atoms. The maximum atomic E-state index is 5.31. The lowest BCUT2D eigenvalue weighted by Gasteiger charge is -2.34. The third-order valence-corrected chi connectivity index (χ3v) is 8.95. The van der Waals surface area contributed by atoms with Crippen LogP contribution < -0.4 is 0 Å². The van der Waals surface area contributed by atoms with E-state index in [1.165, 1.54) is 33.4 Å². The number of pyridine rings is 1. The molecular formula is C35H39N. The van der Waals surface area contributed by atoms with Crippen LogP contribution in [0.2, 0.25) is 0 Å². The largest absolute Gasteiger partial charge is 0.256 e. The summed E-state index contributed by atoms with van der Waals surface area (Å²) in [5.74, 6) is 0. The molecule has 1 aliphatic rings. The number of fused-ring (bicyclic) bond motifs is 8. The van der Waals surface area contributed by atoms with Gasteiger partial charge in [0.05, 0.1) is 11.4 Å². The summed E-state index contributed by atoms with van der Waals surface area (Å²) in [7, 11) is 0. The highest BCUT2D eigenvalue weighted by atomic mass is 14.8. The highest BCUT2D eigenvalue weighted by Crippen LogP contribution is 2.41. The average molecular weight is 474 g/mol. The van der Waals surface area contributed by atoms with Gasteiger partial charge in [-0.15, -0.1) is 0 Å². The number of hydrogen-bond donors (Lipinski definition) is 0. The zero-order valence-electron chi connectivity index (χ0n) is 23.1. The van der Waals surface area contributed by atoms with Gasteiger partial charge in [0.2, 0.25) is 0 Å². The zero-order valence-corrected chi connectivity index (χ0v) is 23.1. The molecule has 8 bridgehead atoms. The minimum atomic E-state index is -0.221. The van der Waals surface area contributed by atoms with Crippen LogP contribution in [0.3, 0.4) is 0 Å². The van der Waals surface area contributed by atoms with E-state index in [0.717, 1.165) is 11.4 Å². The Morgan fingerprint density at radius 2 is 0.611 bits per heavy atom. The van der Waals surface area contributed by atoms with Crippen molar-refractivity contribution in [1.29, 1.82) is 0 Å². The molecule has 184 valence electrons. The molecule has 0 saturated heterocycles. The van der Waals surface area contributed by atoms with Gasteiger partial charge in [0, 0.05) is 21.7 Å². The van der Waals surface area contributed by atoms with Gasteiger partial charge in [-0.2, -0.15) is 0 Å². The average Bonchev–Trinajstić information content (AvgIpc) is 2.88. The van der Waals surface area contributed by atoms with E-state index >= 15 is 0 Å².